The summed E-state index contributed by atoms with van der Waals surface area (Å²) in [7, 11) is 0. The lowest BCUT2D eigenvalue weighted by molar-refractivity contribution is -0.280. The molecule has 11 rings (SSSR count). The Labute approximate surface area is 255 Å². The molecule has 15 unspecified atom stereocenters. The fourth-order valence-electron chi connectivity index (χ4n) is 15.2. The molecule has 0 radical (unpaired) electrons. The number of epoxide rings is 1. The van der Waals surface area contributed by atoms with Crippen LogP contribution in [-0.2, 0) is 33.3 Å². The molecule has 5 aliphatic heterocycles. The highest BCUT2D eigenvalue weighted by atomic mass is 16.7. The van der Waals surface area contributed by atoms with E-state index in [0.29, 0.717) is 18.8 Å². The largest absolute Gasteiger partial charge is 0.472 e. The molecule has 5 aliphatic carbocycles. The molecular formula is C35H38O9. The first-order valence-electron chi connectivity index (χ1n) is 16.6. The van der Waals surface area contributed by atoms with Crippen LogP contribution in [0.25, 0.3) is 0 Å². The van der Waals surface area contributed by atoms with Crippen molar-refractivity contribution >= 4 is 17.7 Å². The van der Waals surface area contributed by atoms with E-state index in [2.05, 4.69) is 13.0 Å². The van der Waals surface area contributed by atoms with E-state index in [-0.39, 0.29) is 35.6 Å². The van der Waals surface area contributed by atoms with Crippen LogP contribution >= 0.6 is 0 Å². The summed E-state index contributed by atoms with van der Waals surface area (Å²) in [6, 6.07) is 1.83. The van der Waals surface area contributed by atoms with Gasteiger partial charge in [-0.2, -0.15) is 0 Å². The molecule has 9 fully saturated rings. The Hall–Kier alpha value is -2.49. The number of aliphatic hydroxyl groups excluding tert-OH is 1. The van der Waals surface area contributed by atoms with Gasteiger partial charge < -0.3 is 28.5 Å². The van der Waals surface area contributed by atoms with Crippen LogP contribution in [0.5, 0.6) is 0 Å². The predicted molar refractivity (Wildman–Crippen MR) is 148 cm³/mol. The molecule has 9 heteroatoms. The van der Waals surface area contributed by atoms with Gasteiger partial charge >= 0.3 is 11.9 Å². The van der Waals surface area contributed by atoms with Crippen molar-refractivity contribution in [3.63, 3.8) is 0 Å². The molecule has 6 heterocycles. The molecule has 10 aliphatic rings. The van der Waals surface area contributed by atoms with E-state index in [1.54, 1.807) is 12.5 Å². The van der Waals surface area contributed by atoms with Crippen molar-refractivity contribution in [3.05, 3.63) is 35.8 Å². The maximum Gasteiger partial charge on any atom is 0.339 e. The number of aliphatic hydroxyl groups is 1. The van der Waals surface area contributed by atoms with Gasteiger partial charge in [-0.15, -0.1) is 0 Å². The average Bonchev–Trinajstić information content (AvgIpc) is 3.26. The minimum Gasteiger partial charge on any atom is -0.472 e. The van der Waals surface area contributed by atoms with Crippen molar-refractivity contribution in [1.29, 1.82) is 0 Å². The van der Waals surface area contributed by atoms with E-state index in [4.69, 9.17) is 23.4 Å². The van der Waals surface area contributed by atoms with E-state index < -0.39 is 69.2 Å². The van der Waals surface area contributed by atoms with E-state index >= 15 is 4.79 Å². The Kier molecular flexibility index (Phi) is 4.05. The standard InChI is InChI=1S/C35H38O9/c1-29-12-17-13-32-8-4-5-18(32)11-19-6-9-30(2)22-20(36)24(37)31(3,21(17)33(22)15-41-27(38)23(32)34(19,33)44-30)35(29)26(43-35)28(39)42-25(29)16-7-10-40-14-16/h6-7,10,14,17-18,21-26,37H,4-5,8-9,11-13,15H2,1-3H3. The molecule has 5 bridgehead atoms. The van der Waals surface area contributed by atoms with Gasteiger partial charge in [0.1, 0.15) is 30.0 Å². The summed E-state index contributed by atoms with van der Waals surface area (Å²) in [5, 5.41) is 12.6. The fourth-order valence-corrected chi connectivity index (χ4v) is 15.2. The zero-order valence-electron chi connectivity index (χ0n) is 25.3. The summed E-state index contributed by atoms with van der Waals surface area (Å²) >= 11 is 0. The lowest BCUT2D eigenvalue weighted by atomic mass is 9.33. The van der Waals surface area contributed by atoms with Crippen LogP contribution in [0.1, 0.15) is 77.4 Å². The van der Waals surface area contributed by atoms with Crippen LogP contribution < -0.4 is 0 Å². The third-order valence-corrected chi connectivity index (χ3v) is 15.8. The third kappa shape index (κ3) is 2.09. The Balaban J connectivity index is 1.25. The molecule has 0 amide bonds. The second-order valence-corrected chi connectivity index (χ2v) is 16.9. The zero-order valence-corrected chi connectivity index (χ0v) is 25.3. The molecule has 9 nitrogen and oxygen atoms in total. The predicted octanol–water partition coefficient (Wildman–Crippen LogP) is 3.83. The minimum absolute atomic E-state index is 0.0137. The topological polar surface area (TPSA) is 125 Å². The number of carbonyl (C=O) groups excluding carboxylic acids is 3. The molecule has 4 spiro atoms. The highest BCUT2D eigenvalue weighted by Crippen LogP contribution is 2.88. The van der Waals surface area contributed by atoms with Crippen LogP contribution in [-0.4, -0.2) is 58.4 Å². The van der Waals surface area contributed by atoms with Crippen LogP contribution in [0.3, 0.4) is 0 Å². The summed E-state index contributed by atoms with van der Waals surface area (Å²) in [5.74, 6) is -1.98. The van der Waals surface area contributed by atoms with Crippen LogP contribution in [0, 0.1) is 51.2 Å². The third-order valence-electron chi connectivity index (χ3n) is 15.8. The minimum atomic E-state index is -1.38. The summed E-state index contributed by atoms with van der Waals surface area (Å²) in [4.78, 5) is 43.1. The molecular weight excluding hydrogens is 564 g/mol. The van der Waals surface area contributed by atoms with Gasteiger partial charge in [0.2, 0.25) is 0 Å². The lowest BCUT2D eigenvalue weighted by Gasteiger charge is -2.70. The normalized spacial score (nSPS) is 61.5. The number of carbonyl (C=O) groups is 3. The maximum absolute atomic E-state index is 15.1. The molecule has 1 aromatic heterocycles. The second kappa shape index (κ2) is 6.93. The first kappa shape index (κ1) is 25.7. The maximum atomic E-state index is 15.1. The van der Waals surface area contributed by atoms with E-state index in [1.165, 1.54) is 5.57 Å². The number of furan rings is 1. The van der Waals surface area contributed by atoms with Crippen molar-refractivity contribution in [1.82, 2.24) is 0 Å². The highest BCUT2D eigenvalue weighted by molar-refractivity contribution is 5.93. The van der Waals surface area contributed by atoms with Gasteiger partial charge in [-0.1, -0.05) is 26.3 Å². The number of rotatable bonds is 1. The Morgan fingerprint density at radius 1 is 1.02 bits per heavy atom. The van der Waals surface area contributed by atoms with Gasteiger partial charge in [0.15, 0.2) is 11.9 Å². The Morgan fingerprint density at radius 2 is 1.86 bits per heavy atom. The summed E-state index contributed by atoms with van der Waals surface area (Å²) in [6.45, 7) is 6.24. The number of ketones is 1. The van der Waals surface area contributed by atoms with Gasteiger partial charge in [-0.05, 0) is 80.3 Å². The number of hydrogen-bond donors (Lipinski definition) is 1. The van der Waals surface area contributed by atoms with Crippen molar-refractivity contribution in [2.24, 2.45) is 51.2 Å². The second-order valence-electron chi connectivity index (χ2n) is 16.9. The van der Waals surface area contributed by atoms with Crippen LogP contribution in [0.2, 0.25) is 0 Å². The van der Waals surface area contributed by atoms with Crippen molar-refractivity contribution < 1.29 is 42.9 Å². The monoisotopic (exact) mass is 602 g/mol. The van der Waals surface area contributed by atoms with Crippen molar-refractivity contribution in [2.45, 2.75) is 101 Å². The Morgan fingerprint density at radius 3 is 2.66 bits per heavy atom. The average molecular weight is 603 g/mol. The summed E-state index contributed by atoms with van der Waals surface area (Å²) in [5.41, 5.74) is -4.16. The number of ether oxygens (including phenoxy) is 4. The summed E-state index contributed by atoms with van der Waals surface area (Å²) in [6.07, 6.45) is 8.52. The zero-order chi connectivity index (χ0) is 30.0. The molecule has 1 aromatic rings. The van der Waals surface area contributed by atoms with E-state index in [9.17, 15) is 14.7 Å². The van der Waals surface area contributed by atoms with Crippen molar-refractivity contribution in [3.8, 4) is 0 Å². The molecule has 4 saturated heterocycles. The number of cyclic esters (lactones) is 2. The van der Waals surface area contributed by atoms with Crippen LogP contribution in [0.15, 0.2) is 34.7 Å². The number of hydrogen-bond acceptors (Lipinski definition) is 9. The fraction of sp³-hybridized carbons (Fsp3) is 0.743. The molecule has 15 atom stereocenters. The molecule has 0 aromatic carbocycles. The first-order chi connectivity index (χ1) is 21.0. The number of Topliss-reactive ketones (excluding diaryl/α,β-unsaturated/α-hetero) is 1. The van der Waals surface area contributed by atoms with Crippen LogP contribution in [0.4, 0.5) is 0 Å². The van der Waals surface area contributed by atoms with Gasteiger partial charge in [-0.3, -0.25) is 9.59 Å². The molecule has 5 saturated carbocycles. The van der Waals surface area contributed by atoms with E-state index in [0.717, 1.165) is 37.7 Å². The molecule has 232 valence electrons. The Bertz CT molecular complexity index is 1650. The van der Waals surface area contributed by atoms with Crippen molar-refractivity contribution in [2.75, 3.05) is 6.61 Å². The lowest BCUT2D eigenvalue weighted by Crippen LogP contribution is -2.80. The van der Waals surface area contributed by atoms with Gasteiger partial charge in [0.25, 0.3) is 0 Å². The SMILES string of the molecule is CC12CC=C3CC4CCCC45CC4CC6(C)C(c7ccoc7)OC(=O)C7OC76C6(C)C(O)C(=O)C1C1(COC(=O)C5C31O2)C46. The number of esters is 2. The highest BCUT2D eigenvalue weighted by Gasteiger charge is 2.96. The number of fused-ring (bicyclic) bond motifs is 2. The van der Waals surface area contributed by atoms with Gasteiger partial charge in [0, 0.05) is 16.4 Å². The summed E-state index contributed by atoms with van der Waals surface area (Å²) < 4.78 is 32.1. The first-order valence-corrected chi connectivity index (χ1v) is 16.6. The van der Waals surface area contributed by atoms with E-state index in [1.807, 2.05) is 19.9 Å². The van der Waals surface area contributed by atoms with Gasteiger partial charge in [0.05, 0.1) is 35.4 Å². The molecule has 1 N–H and O–H groups in total. The van der Waals surface area contributed by atoms with Gasteiger partial charge in [-0.25, -0.2) is 4.79 Å². The quantitative estimate of drug-likeness (QED) is 0.290. The smallest absolute Gasteiger partial charge is 0.339 e. The molecule has 44 heavy (non-hydrogen) atoms.